The van der Waals surface area contributed by atoms with Crippen LogP contribution in [0.3, 0.4) is 0 Å². The van der Waals surface area contributed by atoms with E-state index >= 15 is 0 Å². The molecule has 0 fully saturated rings. The number of pyridine rings is 1. The van der Waals surface area contributed by atoms with E-state index in [2.05, 4.69) is 16.4 Å². The number of hydrogen-bond acceptors (Lipinski definition) is 4. The van der Waals surface area contributed by atoms with Crippen LogP contribution in [0.4, 0.5) is 5.82 Å². The zero-order valence-electron chi connectivity index (χ0n) is 10.3. The van der Waals surface area contributed by atoms with Gasteiger partial charge in [-0.05, 0) is 26.8 Å². The third-order valence-electron chi connectivity index (χ3n) is 2.57. The number of fused-ring (bicyclic) bond motifs is 1. The Morgan fingerprint density at radius 3 is 3.06 bits per heavy atom. The highest BCUT2D eigenvalue weighted by Gasteiger charge is 2.26. The van der Waals surface area contributed by atoms with E-state index in [0.717, 1.165) is 11.3 Å². The second-order valence-electron chi connectivity index (χ2n) is 4.38. The van der Waals surface area contributed by atoms with Crippen molar-refractivity contribution in [3.8, 4) is 0 Å². The molecular weight excluding hydrogens is 216 g/mol. The summed E-state index contributed by atoms with van der Waals surface area (Å²) in [5, 5.41) is 3.16. The van der Waals surface area contributed by atoms with Gasteiger partial charge in [0.05, 0.1) is 0 Å². The molecule has 17 heavy (non-hydrogen) atoms. The molecule has 90 valence electrons. The smallest absolute Gasteiger partial charge is 0.342 e. The summed E-state index contributed by atoms with van der Waals surface area (Å²) >= 11 is 0. The molecule has 0 spiro atoms. The molecule has 0 bridgehead atoms. The Bertz CT molecular complexity index is 488. The van der Waals surface area contributed by atoms with Gasteiger partial charge in [-0.3, -0.25) is 0 Å². The monoisotopic (exact) mass is 232 g/mol. The maximum Gasteiger partial charge on any atom is 0.342 e. The quantitative estimate of drug-likeness (QED) is 0.642. The SMILES string of the molecule is CC(C)=CCNc1nc(C)cc2c1C(=O)OC2. The third-order valence-corrected chi connectivity index (χ3v) is 2.57. The standard InChI is InChI=1S/C13H16N2O2/c1-8(2)4-5-14-12-11-10(6-9(3)15-12)7-17-13(11)16/h4,6H,5,7H2,1-3H3,(H,14,15). The van der Waals surface area contributed by atoms with Crippen LogP contribution in [0, 0.1) is 6.92 Å². The molecule has 1 aromatic rings. The molecule has 1 N–H and O–H groups in total. The minimum Gasteiger partial charge on any atom is -0.457 e. The highest BCUT2D eigenvalue weighted by Crippen LogP contribution is 2.26. The summed E-state index contributed by atoms with van der Waals surface area (Å²) < 4.78 is 5.01. The Morgan fingerprint density at radius 2 is 2.35 bits per heavy atom. The van der Waals surface area contributed by atoms with Crippen molar-refractivity contribution >= 4 is 11.8 Å². The van der Waals surface area contributed by atoms with Crippen molar-refractivity contribution in [2.45, 2.75) is 27.4 Å². The number of cyclic esters (lactones) is 1. The molecule has 2 rings (SSSR count). The lowest BCUT2D eigenvalue weighted by Gasteiger charge is -2.07. The van der Waals surface area contributed by atoms with E-state index in [4.69, 9.17) is 4.74 Å². The highest BCUT2D eigenvalue weighted by atomic mass is 16.5. The Balaban J connectivity index is 2.27. The first-order valence-corrected chi connectivity index (χ1v) is 5.63. The van der Waals surface area contributed by atoms with Gasteiger partial charge in [-0.15, -0.1) is 0 Å². The van der Waals surface area contributed by atoms with Crippen molar-refractivity contribution in [2.24, 2.45) is 0 Å². The van der Waals surface area contributed by atoms with E-state index in [1.807, 2.05) is 26.8 Å². The van der Waals surface area contributed by atoms with Gasteiger partial charge in [0.25, 0.3) is 0 Å². The zero-order valence-corrected chi connectivity index (χ0v) is 10.3. The fourth-order valence-electron chi connectivity index (χ4n) is 1.78. The third kappa shape index (κ3) is 2.46. The topological polar surface area (TPSA) is 51.2 Å². The summed E-state index contributed by atoms with van der Waals surface area (Å²) in [4.78, 5) is 15.9. The number of hydrogen-bond donors (Lipinski definition) is 1. The van der Waals surface area contributed by atoms with Gasteiger partial charge in [0.1, 0.15) is 18.0 Å². The van der Waals surface area contributed by atoms with Gasteiger partial charge >= 0.3 is 5.97 Å². The molecule has 0 aliphatic carbocycles. The van der Waals surface area contributed by atoms with Gasteiger partial charge in [0.15, 0.2) is 0 Å². The van der Waals surface area contributed by atoms with Crippen LogP contribution in [-0.2, 0) is 11.3 Å². The first-order chi connectivity index (χ1) is 8.08. The molecule has 0 aromatic carbocycles. The maximum atomic E-state index is 11.6. The van der Waals surface area contributed by atoms with Crippen LogP contribution in [0.1, 0.15) is 35.5 Å². The lowest BCUT2D eigenvalue weighted by molar-refractivity contribution is 0.0535. The molecule has 0 unspecified atom stereocenters. The summed E-state index contributed by atoms with van der Waals surface area (Å²) in [6.07, 6.45) is 2.05. The molecule has 1 aliphatic rings. The van der Waals surface area contributed by atoms with Crippen molar-refractivity contribution in [1.29, 1.82) is 0 Å². The molecule has 1 aliphatic heterocycles. The minimum absolute atomic E-state index is 0.285. The van der Waals surface area contributed by atoms with Crippen LogP contribution >= 0.6 is 0 Å². The van der Waals surface area contributed by atoms with E-state index < -0.39 is 0 Å². The van der Waals surface area contributed by atoms with Gasteiger partial charge in [-0.2, -0.15) is 0 Å². The van der Waals surface area contributed by atoms with Crippen molar-refractivity contribution in [1.82, 2.24) is 4.98 Å². The molecule has 0 atom stereocenters. The van der Waals surface area contributed by atoms with Crippen molar-refractivity contribution in [3.63, 3.8) is 0 Å². The zero-order chi connectivity index (χ0) is 12.4. The van der Waals surface area contributed by atoms with Crippen LogP contribution in [0.5, 0.6) is 0 Å². The molecule has 4 nitrogen and oxygen atoms in total. The van der Waals surface area contributed by atoms with E-state index in [0.29, 0.717) is 24.5 Å². The van der Waals surface area contributed by atoms with Crippen LogP contribution in [-0.4, -0.2) is 17.5 Å². The largest absolute Gasteiger partial charge is 0.457 e. The van der Waals surface area contributed by atoms with Gasteiger partial charge in [0.2, 0.25) is 0 Å². The summed E-state index contributed by atoms with van der Waals surface area (Å²) in [5.74, 6) is 0.340. The average Bonchev–Trinajstić information content (AvgIpc) is 2.59. The van der Waals surface area contributed by atoms with Crippen molar-refractivity contribution in [2.75, 3.05) is 11.9 Å². The fourth-order valence-corrected chi connectivity index (χ4v) is 1.78. The second kappa shape index (κ2) is 4.57. The summed E-state index contributed by atoms with van der Waals surface area (Å²) in [5.41, 5.74) is 3.62. The van der Waals surface area contributed by atoms with Gasteiger partial charge < -0.3 is 10.1 Å². The first-order valence-electron chi connectivity index (χ1n) is 5.63. The van der Waals surface area contributed by atoms with Crippen LogP contribution in [0.2, 0.25) is 0 Å². The molecule has 0 saturated heterocycles. The number of allylic oxidation sites excluding steroid dienone is 1. The van der Waals surface area contributed by atoms with Gasteiger partial charge in [-0.25, -0.2) is 9.78 Å². The second-order valence-corrected chi connectivity index (χ2v) is 4.38. The fraction of sp³-hybridized carbons (Fsp3) is 0.385. The maximum absolute atomic E-state index is 11.6. The number of carbonyl (C=O) groups is 1. The summed E-state index contributed by atoms with van der Waals surface area (Å²) in [6, 6.07) is 1.90. The minimum atomic E-state index is -0.285. The van der Waals surface area contributed by atoms with E-state index in [9.17, 15) is 4.79 Å². The number of nitrogens with one attached hydrogen (secondary N) is 1. The predicted octanol–water partition coefficient (Wildman–Crippen LogP) is 2.44. The van der Waals surface area contributed by atoms with Gasteiger partial charge in [0, 0.05) is 17.8 Å². The van der Waals surface area contributed by atoms with Crippen LogP contribution < -0.4 is 5.32 Å². The molecule has 2 heterocycles. The van der Waals surface area contributed by atoms with Crippen molar-refractivity contribution < 1.29 is 9.53 Å². The lowest BCUT2D eigenvalue weighted by atomic mass is 10.1. The van der Waals surface area contributed by atoms with E-state index in [-0.39, 0.29) is 5.97 Å². The van der Waals surface area contributed by atoms with E-state index in [1.165, 1.54) is 5.57 Å². The summed E-state index contributed by atoms with van der Waals surface area (Å²) in [7, 11) is 0. The lowest BCUT2D eigenvalue weighted by Crippen LogP contribution is -2.08. The molecular formula is C13H16N2O2. The predicted molar refractivity (Wildman–Crippen MR) is 66.0 cm³/mol. The Kier molecular flexibility index (Phi) is 3.13. The number of rotatable bonds is 3. The van der Waals surface area contributed by atoms with Crippen LogP contribution in [0.25, 0.3) is 0 Å². The normalized spacial score (nSPS) is 13.0. The number of aryl methyl sites for hydroxylation is 1. The highest BCUT2D eigenvalue weighted by molar-refractivity contribution is 5.98. The Labute approximate surface area is 101 Å². The number of ether oxygens (including phenoxy) is 1. The molecule has 4 heteroatoms. The molecule has 0 saturated carbocycles. The number of nitrogens with zero attached hydrogens (tertiary/aromatic N) is 1. The Morgan fingerprint density at radius 1 is 1.59 bits per heavy atom. The number of aromatic nitrogens is 1. The van der Waals surface area contributed by atoms with E-state index in [1.54, 1.807) is 0 Å². The molecule has 1 aromatic heterocycles. The first kappa shape index (κ1) is 11.6. The average molecular weight is 232 g/mol. The Hall–Kier alpha value is -1.84. The van der Waals surface area contributed by atoms with Crippen LogP contribution in [0.15, 0.2) is 17.7 Å². The number of carbonyl (C=O) groups excluding carboxylic acids is 1. The number of esters is 1. The summed E-state index contributed by atoms with van der Waals surface area (Å²) in [6.45, 7) is 7.00. The molecule has 0 amide bonds. The van der Waals surface area contributed by atoms with Crippen molar-refractivity contribution in [3.05, 3.63) is 34.5 Å². The molecule has 0 radical (unpaired) electrons. The van der Waals surface area contributed by atoms with Gasteiger partial charge in [-0.1, -0.05) is 11.6 Å². The number of anilines is 1.